The molecule has 0 saturated heterocycles. The molecular weight excluding hydrogens is 324 g/mol. The van der Waals surface area contributed by atoms with Crippen LogP contribution in [-0.4, -0.2) is 26.5 Å². The Labute approximate surface area is 146 Å². The molecule has 2 aromatic rings. The zero-order valence-electron chi connectivity index (χ0n) is 13.8. The van der Waals surface area contributed by atoms with E-state index in [1.54, 1.807) is 6.92 Å². The van der Waals surface area contributed by atoms with Crippen LogP contribution < -0.4 is 10.7 Å². The average Bonchev–Trinajstić information content (AvgIpc) is 2.56. The van der Waals surface area contributed by atoms with Gasteiger partial charge in [-0.2, -0.15) is 5.10 Å². The quantitative estimate of drug-likeness (QED) is 0.387. The maximum absolute atomic E-state index is 10.0. The van der Waals surface area contributed by atoms with E-state index < -0.39 is 0 Å². The monoisotopic (exact) mass is 344 g/mol. The molecule has 0 spiro atoms. The summed E-state index contributed by atoms with van der Waals surface area (Å²) < 4.78 is 0. The number of anilines is 1. The number of rotatable bonds is 4. The minimum Gasteiger partial charge on any atom is -0.505 e. The largest absolute Gasteiger partial charge is 0.505 e. The van der Waals surface area contributed by atoms with E-state index in [-0.39, 0.29) is 12.4 Å². The number of aliphatic hydroxyl groups is 1. The van der Waals surface area contributed by atoms with Gasteiger partial charge in [0, 0.05) is 23.0 Å². The van der Waals surface area contributed by atoms with Crippen molar-refractivity contribution < 1.29 is 10.2 Å². The van der Waals surface area contributed by atoms with Crippen LogP contribution in [0.15, 0.2) is 29.5 Å². The van der Waals surface area contributed by atoms with Crippen LogP contribution in [0.2, 0.25) is 0 Å². The van der Waals surface area contributed by atoms with Crippen LogP contribution in [0.3, 0.4) is 0 Å². The van der Waals surface area contributed by atoms with Gasteiger partial charge in [-0.05, 0) is 50.2 Å². The number of pyridine rings is 1. The third kappa shape index (κ3) is 4.06. The molecule has 0 aliphatic carbocycles. The minimum atomic E-state index is -0.243. The highest BCUT2D eigenvalue weighted by Gasteiger charge is 2.09. The van der Waals surface area contributed by atoms with Gasteiger partial charge >= 0.3 is 0 Å². The van der Waals surface area contributed by atoms with E-state index in [4.69, 9.17) is 12.2 Å². The molecule has 4 N–H and O–H groups in total. The van der Waals surface area contributed by atoms with Crippen LogP contribution in [0.25, 0.3) is 0 Å². The molecular formula is C17H20N4O2S. The van der Waals surface area contributed by atoms with Gasteiger partial charge in [0.15, 0.2) is 5.11 Å². The fraction of sp³-hybridized carbons (Fsp3) is 0.235. The number of hydrogen-bond donors (Lipinski definition) is 4. The first-order chi connectivity index (χ1) is 11.4. The molecule has 6 nitrogen and oxygen atoms in total. The van der Waals surface area contributed by atoms with Gasteiger partial charge < -0.3 is 15.5 Å². The fourth-order valence-electron chi connectivity index (χ4n) is 2.11. The molecule has 0 aliphatic rings. The number of thiocarbonyl (C=S) groups is 1. The molecule has 0 atom stereocenters. The summed E-state index contributed by atoms with van der Waals surface area (Å²) in [7, 11) is 0. The normalized spacial score (nSPS) is 10.8. The zero-order chi connectivity index (χ0) is 17.7. The molecule has 7 heteroatoms. The highest BCUT2D eigenvalue weighted by molar-refractivity contribution is 7.80. The Kier molecular flexibility index (Phi) is 5.83. The zero-order valence-corrected chi connectivity index (χ0v) is 14.6. The molecule has 0 radical (unpaired) electrons. The Hall–Kier alpha value is -2.51. The van der Waals surface area contributed by atoms with E-state index in [1.165, 1.54) is 12.4 Å². The van der Waals surface area contributed by atoms with Crippen molar-refractivity contribution in [1.82, 2.24) is 10.4 Å². The van der Waals surface area contributed by atoms with Gasteiger partial charge in [-0.15, -0.1) is 0 Å². The Morgan fingerprint density at radius 1 is 1.33 bits per heavy atom. The maximum atomic E-state index is 10.0. The minimum absolute atomic E-state index is 0.0134. The number of aromatic hydroxyl groups is 1. The van der Waals surface area contributed by atoms with Gasteiger partial charge in [-0.1, -0.05) is 12.1 Å². The molecule has 126 valence electrons. The number of nitrogens with one attached hydrogen (secondary N) is 2. The predicted molar refractivity (Wildman–Crippen MR) is 99.4 cm³/mol. The summed E-state index contributed by atoms with van der Waals surface area (Å²) in [5.74, 6) is -0.0134. The van der Waals surface area contributed by atoms with Gasteiger partial charge in [-0.3, -0.25) is 10.4 Å². The Morgan fingerprint density at radius 3 is 2.79 bits per heavy atom. The summed E-state index contributed by atoms with van der Waals surface area (Å²) in [5.41, 5.74) is 7.23. The maximum Gasteiger partial charge on any atom is 0.191 e. The molecule has 0 saturated carbocycles. The van der Waals surface area contributed by atoms with Crippen molar-refractivity contribution in [3.05, 3.63) is 52.3 Å². The van der Waals surface area contributed by atoms with Crippen molar-refractivity contribution in [1.29, 1.82) is 0 Å². The van der Waals surface area contributed by atoms with Crippen molar-refractivity contribution in [2.45, 2.75) is 27.4 Å². The number of hydrazone groups is 1. The topological polar surface area (TPSA) is 89.8 Å². The fourth-order valence-corrected chi connectivity index (χ4v) is 2.28. The number of aromatic nitrogens is 1. The summed E-state index contributed by atoms with van der Waals surface area (Å²) in [5, 5.41) is 26.8. The molecule has 0 aliphatic heterocycles. The molecule has 0 bridgehead atoms. The molecule has 0 amide bonds. The van der Waals surface area contributed by atoms with E-state index in [0.717, 1.165) is 16.8 Å². The van der Waals surface area contributed by atoms with Crippen molar-refractivity contribution >= 4 is 29.2 Å². The van der Waals surface area contributed by atoms with Crippen molar-refractivity contribution in [2.24, 2.45) is 5.10 Å². The van der Waals surface area contributed by atoms with E-state index in [0.29, 0.717) is 21.9 Å². The molecule has 0 fully saturated rings. The van der Waals surface area contributed by atoms with E-state index >= 15 is 0 Å². The lowest BCUT2D eigenvalue weighted by atomic mass is 10.1. The highest BCUT2D eigenvalue weighted by atomic mass is 32.1. The number of benzene rings is 1. The molecule has 24 heavy (non-hydrogen) atoms. The molecule has 1 aromatic carbocycles. The van der Waals surface area contributed by atoms with Gasteiger partial charge in [0.25, 0.3) is 0 Å². The number of nitrogens with zero attached hydrogens (tertiary/aromatic N) is 2. The van der Waals surface area contributed by atoms with Crippen molar-refractivity contribution in [3.63, 3.8) is 0 Å². The number of aryl methyl sites for hydroxylation is 2. The molecule has 0 unspecified atom stereocenters. The first-order valence-electron chi connectivity index (χ1n) is 7.38. The van der Waals surface area contributed by atoms with Crippen LogP contribution >= 0.6 is 12.2 Å². The lowest BCUT2D eigenvalue weighted by Gasteiger charge is -2.11. The summed E-state index contributed by atoms with van der Waals surface area (Å²) >= 11 is 5.21. The molecule has 1 aromatic heterocycles. The second-order valence-corrected chi connectivity index (χ2v) is 5.77. The first-order valence-corrected chi connectivity index (χ1v) is 7.79. The van der Waals surface area contributed by atoms with E-state index in [9.17, 15) is 10.2 Å². The van der Waals surface area contributed by atoms with Gasteiger partial charge in [-0.25, -0.2) is 0 Å². The van der Waals surface area contributed by atoms with E-state index in [2.05, 4.69) is 20.8 Å². The molecule has 1 heterocycles. The van der Waals surface area contributed by atoms with Gasteiger partial charge in [0.1, 0.15) is 5.75 Å². The van der Waals surface area contributed by atoms with Crippen LogP contribution in [-0.2, 0) is 6.61 Å². The smallest absolute Gasteiger partial charge is 0.191 e. The third-order valence-corrected chi connectivity index (χ3v) is 3.93. The summed E-state index contributed by atoms with van der Waals surface area (Å²) in [6, 6.07) is 5.91. The second kappa shape index (κ2) is 7.85. The van der Waals surface area contributed by atoms with E-state index in [1.807, 2.05) is 32.0 Å². The van der Waals surface area contributed by atoms with Crippen LogP contribution in [0.5, 0.6) is 5.75 Å². The summed E-state index contributed by atoms with van der Waals surface area (Å²) in [6.45, 7) is 5.47. The number of aliphatic hydroxyl groups excluding tert-OH is 1. The Bertz CT molecular complexity index is 790. The SMILES string of the molecule is Cc1cccc(NC(=S)N/N=C/c2c(CO)cnc(C)c2O)c1C. The summed E-state index contributed by atoms with van der Waals surface area (Å²) in [4.78, 5) is 4.00. The standard InChI is InChI=1S/C17H20N4O2S/c1-10-5-4-6-15(11(10)2)20-17(24)21-19-8-14-13(9-22)7-18-12(3)16(14)23/h4-8,22-23H,9H2,1-3H3,(H2,20,21,24)/b19-8+. The van der Waals surface area contributed by atoms with Gasteiger partial charge in [0.05, 0.1) is 18.5 Å². The average molecular weight is 344 g/mol. The highest BCUT2D eigenvalue weighted by Crippen LogP contribution is 2.22. The lowest BCUT2D eigenvalue weighted by molar-refractivity contribution is 0.280. The first kappa shape index (κ1) is 17.8. The molecule has 2 rings (SSSR count). The number of hydrogen-bond acceptors (Lipinski definition) is 5. The van der Waals surface area contributed by atoms with Gasteiger partial charge in [0.2, 0.25) is 0 Å². The predicted octanol–water partition coefficient (Wildman–Crippen LogP) is 2.53. The Morgan fingerprint density at radius 2 is 2.08 bits per heavy atom. The summed E-state index contributed by atoms with van der Waals surface area (Å²) in [6.07, 6.45) is 2.91. The van der Waals surface area contributed by atoms with Crippen molar-refractivity contribution in [3.8, 4) is 5.75 Å². The van der Waals surface area contributed by atoms with Crippen molar-refractivity contribution in [2.75, 3.05) is 5.32 Å². The Balaban J connectivity index is 2.08. The van der Waals surface area contributed by atoms with Crippen LogP contribution in [0.1, 0.15) is 27.9 Å². The third-order valence-electron chi connectivity index (χ3n) is 3.74. The van der Waals surface area contributed by atoms with Crippen LogP contribution in [0.4, 0.5) is 5.69 Å². The lowest BCUT2D eigenvalue weighted by Crippen LogP contribution is -2.24. The van der Waals surface area contributed by atoms with Crippen LogP contribution in [0, 0.1) is 20.8 Å². The second-order valence-electron chi connectivity index (χ2n) is 5.36.